The molecule has 2 N–H and O–H groups in total. The molecule has 27 heavy (non-hydrogen) atoms. The van der Waals surface area contributed by atoms with E-state index in [-0.39, 0.29) is 22.6 Å². The smallest absolute Gasteiger partial charge is 0.244 e. The molecule has 1 atom stereocenters. The van der Waals surface area contributed by atoms with Crippen molar-refractivity contribution < 1.29 is 17.9 Å². The third-order valence-corrected chi connectivity index (χ3v) is 5.53. The average molecular weight is 391 g/mol. The number of hydrogen-bond donors (Lipinski definition) is 2. The van der Waals surface area contributed by atoms with Crippen LogP contribution in [0.15, 0.2) is 47.4 Å². The number of aryl methyl sites for hydroxylation is 1. The van der Waals surface area contributed by atoms with Crippen LogP contribution in [-0.4, -0.2) is 20.9 Å². The zero-order valence-corrected chi connectivity index (χ0v) is 16.9. The van der Waals surface area contributed by atoms with Gasteiger partial charge >= 0.3 is 0 Å². The summed E-state index contributed by atoms with van der Waals surface area (Å²) in [6.45, 7) is 7.39. The summed E-state index contributed by atoms with van der Waals surface area (Å²) in [5.74, 6) is -0.0283. The van der Waals surface area contributed by atoms with E-state index in [0.717, 1.165) is 11.1 Å². The largest absolute Gasteiger partial charge is 0.492 e. The fraction of sp³-hybridized carbons (Fsp3) is 0.350. The van der Waals surface area contributed by atoms with Gasteiger partial charge < -0.3 is 10.1 Å². The van der Waals surface area contributed by atoms with Crippen LogP contribution in [0.5, 0.6) is 5.75 Å². The summed E-state index contributed by atoms with van der Waals surface area (Å²) in [6.07, 6.45) is 0.595. The number of anilines is 1. The molecular weight excluding hydrogens is 364 g/mol. The van der Waals surface area contributed by atoms with Crippen LogP contribution in [0, 0.1) is 6.92 Å². The summed E-state index contributed by atoms with van der Waals surface area (Å²) in [7, 11) is -3.87. The minimum atomic E-state index is -3.87. The first-order valence-corrected chi connectivity index (χ1v) is 10.4. The van der Waals surface area contributed by atoms with E-state index < -0.39 is 10.0 Å². The summed E-state index contributed by atoms with van der Waals surface area (Å²) in [4.78, 5) is 11.3. The number of benzene rings is 2. The van der Waals surface area contributed by atoms with Crippen molar-refractivity contribution in [2.75, 3.05) is 11.9 Å². The molecule has 0 aliphatic carbocycles. The number of amides is 1. The molecule has 0 spiro atoms. The van der Waals surface area contributed by atoms with Crippen LogP contribution < -0.4 is 14.8 Å². The van der Waals surface area contributed by atoms with Gasteiger partial charge in [0.2, 0.25) is 15.9 Å². The molecule has 0 aliphatic heterocycles. The monoisotopic (exact) mass is 390 g/mol. The Morgan fingerprint density at radius 3 is 2.33 bits per heavy atom. The molecule has 2 aromatic rings. The van der Waals surface area contributed by atoms with Crippen LogP contribution in [0.4, 0.5) is 5.69 Å². The van der Waals surface area contributed by atoms with Crippen molar-refractivity contribution in [1.29, 1.82) is 0 Å². The third kappa shape index (κ3) is 5.55. The van der Waals surface area contributed by atoms with Crippen LogP contribution in [0.25, 0.3) is 0 Å². The average Bonchev–Trinajstić information content (AvgIpc) is 2.61. The van der Waals surface area contributed by atoms with Gasteiger partial charge in [0, 0.05) is 18.7 Å². The van der Waals surface area contributed by atoms with E-state index in [2.05, 4.69) is 10.0 Å². The molecular formula is C20H26N2O4S. The van der Waals surface area contributed by atoms with Crippen molar-refractivity contribution in [3.63, 3.8) is 0 Å². The molecule has 0 fully saturated rings. The zero-order valence-electron chi connectivity index (χ0n) is 16.1. The predicted octanol–water partition coefficient (Wildman–Crippen LogP) is 3.78. The van der Waals surface area contributed by atoms with Crippen LogP contribution in [0.2, 0.25) is 0 Å². The van der Waals surface area contributed by atoms with Crippen LogP contribution in [-0.2, 0) is 14.8 Å². The van der Waals surface area contributed by atoms with Gasteiger partial charge in [0.1, 0.15) is 10.6 Å². The molecule has 0 unspecified atom stereocenters. The second-order valence-corrected chi connectivity index (χ2v) is 7.95. The van der Waals surface area contributed by atoms with E-state index in [1.54, 1.807) is 19.1 Å². The van der Waals surface area contributed by atoms with Crippen molar-refractivity contribution >= 4 is 21.6 Å². The fourth-order valence-electron chi connectivity index (χ4n) is 2.71. The first-order valence-electron chi connectivity index (χ1n) is 8.90. The first-order chi connectivity index (χ1) is 12.8. The van der Waals surface area contributed by atoms with Crippen LogP contribution in [0.3, 0.4) is 0 Å². The summed E-state index contributed by atoms with van der Waals surface area (Å²) < 4.78 is 34.4. The number of sulfonamides is 1. The Bertz CT molecular complexity index is 893. The predicted molar refractivity (Wildman–Crippen MR) is 106 cm³/mol. The molecule has 146 valence electrons. The minimum absolute atomic E-state index is 0.00108. The second-order valence-electron chi connectivity index (χ2n) is 6.27. The molecule has 0 aromatic heterocycles. The van der Waals surface area contributed by atoms with Crippen molar-refractivity contribution in [2.24, 2.45) is 0 Å². The molecule has 6 nitrogen and oxygen atoms in total. The van der Waals surface area contributed by atoms with Crippen LogP contribution >= 0.6 is 0 Å². The van der Waals surface area contributed by atoms with E-state index in [0.29, 0.717) is 18.7 Å². The SMILES string of the molecule is CCOc1ccc(NC(C)=O)cc1S(=O)(=O)N[C@H](CC)c1ccc(C)cc1. The highest BCUT2D eigenvalue weighted by Crippen LogP contribution is 2.29. The Balaban J connectivity index is 2.40. The van der Waals surface area contributed by atoms with E-state index in [4.69, 9.17) is 4.74 Å². The van der Waals surface area contributed by atoms with Crippen molar-refractivity contribution in [3.05, 3.63) is 53.6 Å². The summed E-state index contributed by atoms with van der Waals surface area (Å²) in [6, 6.07) is 12.0. The second kappa shape index (κ2) is 9.01. The van der Waals surface area contributed by atoms with Gasteiger partial charge in [-0.1, -0.05) is 36.8 Å². The Hall–Kier alpha value is -2.38. The van der Waals surface area contributed by atoms with Gasteiger partial charge in [0.05, 0.1) is 6.61 Å². The van der Waals surface area contributed by atoms with E-state index in [9.17, 15) is 13.2 Å². The summed E-state index contributed by atoms with van der Waals surface area (Å²) in [5.41, 5.74) is 2.40. The topological polar surface area (TPSA) is 84.5 Å². The lowest BCUT2D eigenvalue weighted by Crippen LogP contribution is -2.29. The van der Waals surface area contributed by atoms with Gasteiger partial charge in [-0.3, -0.25) is 4.79 Å². The Labute approximate surface area is 161 Å². The highest BCUT2D eigenvalue weighted by atomic mass is 32.2. The molecule has 0 radical (unpaired) electrons. The maximum absolute atomic E-state index is 13.1. The normalized spacial score (nSPS) is 12.4. The zero-order chi connectivity index (χ0) is 20.0. The standard InChI is InChI=1S/C20H26N2O4S/c1-5-18(16-9-7-14(3)8-10-16)22-27(24,25)20-13-17(21-15(4)23)11-12-19(20)26-6-2/h7-13,18,22H,5-6H2,1-4H3,(H,21,23)/t18-/m1/s1. The number of carbonyl (C=O) groups excluding carboxylic acids is 1. The molecule has 0 bridgehead atoms. The number of hydrogen-bond acceptors (Lipinski definition) is 4. The van der Waals surface area contributed by atoms with Gasteiger partial charge in [-0.2, -0.15) is 0 Å². The Morgan fingerprint density at radius 2 is 1.78 bits per heavy atom. The van der Waals surface area contributed by atoms with Gasteiger partial charge in [-0.05, 0) is 44.0 Å². The summed E-state index contributed by atoms with van der Waals surface area (Å²) in [5, 5.41) is 2.61. The maximum atomic E-state index is 13.1. The molecule has 7 heteroatoms. The van der Waals surface area contributed by atoms with E-state index >= 15 is 0 Å². The number of ether oxygens (including phenoxy) is 1. The molecule has 2 rings (SSSR count). The highest BCUT2D eigenvalue weighted by Gasteiger charge is 2.24. The van der Waals surface area contributed by atoms with Crippen molar-refractivity contribution in [3.8, 4) is 5.75 Å². The van der Waals surface area contributed by atoms with E-state index in [1.165, 1.54) is 13.0 Å². The molecule has 0 heterocycles. The molecule has 0 aliphatic rings. The van der Waals surface area contributed by atoms with Gasteiger partial charge in [0.25, 0.3) is 0 Å². The number of nitrogens with one attached hydrogen (secondary N) is 2. The molecule has 1 amide bonds. The van der Waals surface area contributed by atoms with Gasteiger partial charge in [-0.25, -0.2) is 13.1 Å². The minimum Gasteiger partial charge on any atom is -0.492 e. The van der Waals surface area contributed by atoms with Crippen LogP contribution in [0.1, 0.15) is 44.4 Å². The number of rotatable bonds is 8. The Morgan fingerprint density at radius 1 is 1.11 bits per heavy atom. The molecule has 2 aromatic carbocycles. The lowest BCUT2D eigenvalue weighted by molar-refractivity contribution is -0.114. The number of carbonyl (C=O) groups is 1. The maximum Gasteiger partial charge on any atom is 0.244 e. The molecule has 0 saturated heterocycles. The summed E-state index contributed by atoms with van der Waals surface area (Å²) >= 11 is 0. The first kappa shape index (κ1) is 20.9. The van der Waals surface area contributed by atoms with Crippen molar-refractivity contribution in [1.82, 2.24) is 4.72 Å². The fourth-order valence-corrected chi connectivity index (χ4v) is 4.19. The third-order valence-electron chi connectivity index (χ3n) is 4.04. The highest BCUT2D eigenvalue weighted by molar-refractivity contribution is 7.89. The van der Waals surface area contributed by atoms with Gasteiger partial charge in [-0.15, -0.1) is 0 Å². The molecule has 0 saturated carbocycles. The van der Waals surface area contributed by atoms with Crippen molar-refractivity contribution in [2.45, 2.75) is 45.1 Å². The lowest BCUT2D eigenvalue weighted by atomic mass is 10.0. The Kier molecular flexibility index (Phi) is 6.98. The quantitative estimate of drug-likeness (QED) is 0.718. The lowest BCUT2D eigenvalue weighted by Gasteiger charge is -2.20. The van der Waals surface area contributed by atoms with E-state index in [1.807, 2.05) is 38.1 Å². The van der Waals surface area contributed by atoms with Gasteiger partial charge in [0.15, 0.2) is 0 Å².